The van der Waals surface area contributed by atoms with Gasteiger partial charge < -0.3 is 9.64 Å². The third-order valence-corrected chi connectivity index (χ3v) is 3.00. The van der Waals surface area contributed by atoms with Gasteiger partial charge in [0.2, 0.25) is 5.91 Å². The van der Waals surface area contributed by atoms with E-state index in [1.54, 1.807) is 19.0 Å². The minimum atomic E-state index is 0.182. The van der Waals surface area contributed by atoms with Crippen molar-refractivity contribution in [2.45, 2.75) is 18.8 Å². The Morgan fingerprint density at radius 3 is 2.94 bits per heavy atom. The van der Waals surface area contributed by atoms with E-state index in [4.69, 9.17) is 4.74 Å². The molecule has 1 aliphatic rings. The van der Waals surface area contributed by atoms with Crippen LogP contribution >= 0.6 is 0 Å². The standard InChI is InChI=1S/C13H17NO2/c1-14(2)13(15)9-10-7-8-16-12-6-4-3-5-11(10)12/h3-6,10H,7-9H2,1-2H3/t10-/m1/s1. The minimum absolute atomic E-state index is 0.182. The first kappa shape index (κ1) is 11.0. The minimum Gasteiger partial charge on any atom is -0.493 e. The Morgan fingerprint density at radius 1 is 1.44 bits per heavy atom. The lowest BCUT2D eigenvalue weighted by Gasteiger charge is -2.26. The van der Waals surface area contributed by atoms with Gasteiger partial charge >= 0.3 is 0 Å². The number of hydrogen-bond acceptors (Lipinski definition) is 2. The monoisotopic (exact) mass is 219 g/mol. The molecule has 1 amide bonds. The molecular formula is C13H17NO2. The fourth-order valence-electron chi connectivity index (χ4n) is 2.02. The van der Waals surface area contributed by atoms with E-state index < -0.39 is 0 Å². The van der Waals surface area contributed by atoms with Crippen molar-refractivity contribution in [3.63, 3.8) is 0 Å². The highest BCUT2D eigenvalue weighted by atomic mass is 16.5. The quantitative estimate of drug-likeness (QED) is 0.761. The predicted molar refractivity (Wildman–Crippen MR) is 62.6 cm³/mol. The Hall–Kier alpha value is -1.51. The summed E-state index contributed by atoms with van der Waals surface area (Å²) in [7, 11) is 3.60. The fraction of sp³-hybridized carbons (Fsp3) is 0.462. The molecule has 1 aromatic carbocycles. The number of carbonyl (C=O) groups is 1. The zero-order chi connectivity index (χ0) is 11.5. The van der Waals surface area contributed by atoms with Gasteiger partial charge in [0.1, 0.15) is 5.75 Å². The molecule has 16 heavy (non-hydrogen) atoms. The van der Waals surface area contributed by atoms with E-state index in [9.17, 15) is 4.79 Å². The van der Waals surface area contributed by atoms with Crippen LogP contribution < -0.4 is 4.74 Å². The van der Waals surface area contributed by atoms with Crippen molar-refractivity contribution in [2.75, 3.05) is 20.7 Å². The van der Waals surface area contributed by atoms with Crippen LogP contribution in [-0.2, 0) is 4.79 Å². The van der Waals surface area contributed by atoms with Gasteiger partial charge in [-0.3, -0.25) is 4.79 Å². The lowest BCUT2D eigenvalue weighted by atomic mass is 9.90. The van der Waals surface area contributed by atoms with Gasteiger partial charge in [-0.2, -0.15) is 0 Å². The van der Waals surface area contributed by atoms with Crippen LogP contribution in [0.2, 0.25) is 0 Å². The second kappa shape index (κ2) is 4.56. The molecule has 0 radical (unpaired) electrons. The normalized spacial score (nSPS) is 18.5. The largest absolute Gasteiger partial charge is 0.493 e. The number of nitrogens with zero attached hydrogens (tertiary/aromatic N) is 1. The summed E-state index contributed by atoms with van der Waals surface area (Å²) < 4.78 is 5.57. The number of amides is 1. The molecule has 0 spiro atoms. The molecule has 1 heterocycles. The molecule has 0 saturated carbocycles. The molecule has 0 bridgehead atoms. The summed E-state index contributed by atoms with van der Waals surface area (Å²) in [6.07, 6.45) is 1.50. The van der Waals surface area contributed by atoms with Crippen molar-refractivity contribution in [3.8, 4) is 5.75 Å². The molecular weight excluding hydrogens is 202 g/mol. The maximum atomic E-state index is 11.7. The van der Waals surface area contributed by atoms with Crippen LogP contribution in [-0.4, -0.2) is 31.5 Å². The highest BCUT2D eigenvalue weighted by Crippen LogP contribution is 2.35. The Kier molecular flexibility index (Phi) is 3.13. The van der Waals surface area contributed by atoms with Gasteiger partial charge in [-0.25, -0.2) is 0 Å². The third-order valence-electron chi connectivity index (χ3n) is 3.00. The summed E-state index contributed by atoms with van der Waals surface area (Å²) in [4.78, 5) is 13.4. The average molecular weight is 219 g/mol. The molecule has 1 aliphatic heterocycles. The van der Waals surface area contributed by atoms with E-state index in [0.717, 1.165) is 12.2 Å². The zero-order valence-electron chi connectivity index (χ0n) is 9.77. The number of benzene rings is 1. The van der Waals surface area contributed by atoms with Gasteiger partial charge in [0.15, 0.2) is 0 Å². The molecule has 0 unspecified atom stereocenters. The molecule has 0 N–H and O–H groups in total. The molecule has 0 aromatic heterocycles. The van der Waals surface area contributed by atoms with Crippen LogP contribution in [0, 0.1) is 0 Å². The second-order valence-electron chi connectivity index (χ2n) is 4.36. The molecule has 0 fully saturated rings. The van der Waals surface area contributed by atoms with Crippen molar-refractivity contribution >= 4 is 5.91 Å². The fourth-order valence-corrected chi connectivity index (χ4v) is 2.02. The van der Waals surface area contributed by atoms with Crippen LogP contribution in [0.4, 0.5) is 0 Å². The van der Waals surface area contributed by atoms with Crippen LogP contribution in [0.25, 0.3) is 0 Å². The Bertz CT molecular complexity index is 387. The maximum absolute atomic E-state index is 11.7. The molecule has 0 aliphatic carbocycles. The Balaban J connectivity index is 2.16. The van der Waals surface area contributed by atoms with Gasteiger partial charge in [0, 0.05) is 20.5 Å². The highest BCUT2D eigenvalue weighted by molar-refractivity contribution is 5.76. The van der Waals surface area contributed by atoms with E-state index in [0.29, 0.717) is 18.9 Å². The number of ether oxygens (including phenoxy) is 1. The van der Waals surface area contributed by atoms with E-state index in [1.165, 1.54) is 5.56 Å². The third kappa shape index (κ3) is 2.18. The maximum Gasteiger partial charge on any atom is 0.222 e. The van der Waals surface area contributed by atoms with Crippen molar-refractivity contribution in [2.24, 2.45) is 0 Å². The van der Waals surface area contributed by atoms with E-state index in [-0.39, 0.29) is 5.91 Å². The van der Waals surface area contributed by atoms with E-state index >= 15 is 0 Å². The predicted octanol–water partition coefficient (Wildman–Crippen LogP) is 2.03. The molecule has 3 nitrogen and oxygen atoms in total. The SMILES string of the molecule is CN(C)C(=O)C[C@H]1CCOc2ccccc21. The molecule has 3 heteroatoms. The molecule has 1 atom stereocenters. The van der Waals surface area contributed by atoms with Crippen LogP contribution in [0.3, 0.4) is 0 Å². The summed E-state index contributed by atoms with van der Waals surface area (Å²) in [6.45, 7) is 0.711. The second-order valence-corrected chi connectivity index (χ2v) is 4.36. The summed E-state index contributed by atoms with van der Waals surface area (Å²) in [6, 6.07) is 8.00. The van der Waals surface area contributed by atoms with Crippen LogP contribution in [0.15, 0.2) is 24.3 Å². The molecule has 0 saturated heterocycles. The van der Waals surface area contributed by atoms with Crippen molar-refractivity contribution in [1.29, 1.82) is 0 Å². The van der Waals surface area contributed by atoms with Gasteiger partial charge in [0.05, 0.1) is 6.61 Å². The van der Waals surface area contributed by atoms with Gasteiger partial charge in [-0.1, -0.05) is 18.2 Å². The first-order valence-corrected chi connectivity index (χ1v) is 5.60. The first-order chi connectivity index (χ1) is 7.68. The Labute approximate surface area is 96.0 Å². The summed E-state index contributed by atoms with van der Waals surface area (Å²) in [5, 5.41) is 0. The number of fused-ring (bicyclic) bond motifs is 1. The van der Waals surface area contributed by atoms with Gasteiger partial charge in [0.25, 0.3) is 0 Å². The highest BCUT2D eigenvalue weighted by Gasteiger charge is 2.23. The van der Waals surface area contributed by atoms with E-state index in [1.807, 2.05) is 18.2 Å². The number of rotatable bonds is 2. The summed E-state index contributed by atoms with van der Waals surface area (Å²) in [5.74, 6) is 1.42. The zero-order valence-corrected chi connectivity index (χ0v) is 9.77. The topological polar surface area (TPSA) is 29.5 Å². The van der Waals surface area contributed by atoms with Gasteiger partial charge in [-0.15, -0.1) is 0 Å². The average Bonchev–Trinajstić information content (AvgIpc) is 2.29. The molecule has 86 valence electrons. The van der Waals surface area contributed by atoms with Crippen LogP contribution in [0.1, 0.15) is 24.3 Å². The summed E-state index contributed by atoms with van der Waals surface area (Å²) in [5.41, 5.74) is 1.17. The number of para-hydroxylation sites is 1. The first-order valence-electron chi connectivity index (χ1n) is 5.60. The van der Waals surface area contributed by atoms with Crippen molar-refractivity contribution in [3.05, 3.63) is 29.8 Å². The number of hydrogen-bond donors (Lipinski definition) is 0. The lowest BCUT2D eigenvalue weighted by molar-refractivity contribution is -0.129. The van der Waals surface area contributed by atoms with Crippen molar-refractivity contribution < 1.29 is 9.53 Å². The smallest absolute Gasteiger partial charge is 0.222 e. The van der Waals surface area contributed by atoms with Gasteiger partial charge in [-0.05, 0) is 24.0 Å². The van der Waals surface area contributed by atoms with E-state index in [2.05, 4.69) is 6.07 Å². The van der Waals surface area contributed by atoms with Crippen LogP contribution in [0.5, 0.6) is 5.75 Å². The molecule has 1 aromatic rings. The lowest BCUT2D eigenvalue weighted by Crippen LogP contribution is -2.25. The number of carbonyl (C=O) groups excluding carboxylic acids is 1. The Morgan fingerprint density at radius 2 is 2.19 bits per heavy atom. The molecule has 2 rings (SSSR count). The van der Waals surface area contributed by atoms with Crippen molar-refractivity contribution in [1.82, 2.24) is 4.90 Å². The summed E-state index contributed by atoms with van der Waals surface area (Å²) >= 11 is 0.